The summed E-state index contributed by atoms with van der Waals surface area (Å²) in [7, 11) is 0. The average Bonchev–Trinajstić information content (AvgIpc) is 3.34. The van der Waals surface area contributed by atoms with Crippen LogP contribution in [0.25, 0.3) is 10.9 Å². The predicted octanol–water partition coefficient (Wildman–Crippen LogP) is 3.91. The Bertz CT molecular complexity index is 1010. The lowest BCUT2D eigenvalue weighted by Crippen LogP contribution is -2.38. The largest absolute Gasteiger partial charge is 0.459 e. The van der Waals surface area contributed by atoms with Gasteiger partial charge in [0.1, 0.15) is 0 Å². The van der Waals surface area contributed by atoms with Gasteiger partial charge in [-0.05, 0) is 50.8 Å². The van der Waals surface area contributed by atoms with Crippen molar-refractivity contribution < 1.29 is 9.21 Å². The summed E-state index contributed by atoms with van der Waals surface area (Å²) in [6.07, 6.45) is 5.28. The second-order valence-electron chi connectivity index (χ2n) is 7.29. The molecule has 3 aromatic rings. The van der Waals surface area contributed by atoms with Gasteiger partial charge in [0.05, 0.1) is 6.26 Å². The molecule has 0 unspecified atom stereocenters. The van der Waals surface area contributed by atoms with Crippen molar-refractivity contribution in [2.45, 2.75) is 33.6 Å². The molecule has 31 heavy (non-hydrogen) atoms. The van der Waals surface area contributed by atoms with E-state index in [4.69, 9.17) is 4.42 Å². The molecule has 1 aromatic carbocycles. The number of hydrogen-bond donors (Lipinski definition) is 4. The third-order valence-corrected chi connectivity index (χ3v) is 5.00. The molecule has 0 aliphatic rings. The molecule has 3 rings (SSSR count). The first-order valence-corrected chi connectivity index (χ1v) is 10.5. The number of aromatic amines is 1. The molecule has 4 N–H and O–H groups in total. The molecule has 168 valence electrons. The van der Waals surface area contributed by atoms with Gasteiger partial charge in [-0.2, -0.15) is 0 Å². The monoisotopic (exact) mass is 537 g/mol. The van der Waals surface area contributed by atoms with E-state index in [9.17, 15) is 4.79 Å². The van der Waals surface area contributed by atoms with Gasteiger partial charge in [-0.1, -0.05) is 18.2 Å². The number of benzene rings is 1. The summed E-state index contributed by atoms with van der Waals surface area (Å²) in [6, 6.07) is 8.16. The normalized spacial score (nSPS) is 11.3. The molecular weight excluding hydrogens is 505 g/mol. The number of H-pyrrole nitrogens is 1. The van der Waals surface area contributed by atoms with Crippen molar-refractivity contribution >= 4 is 46.7 Å². The van der Waals surface area contributed by atoms with Crippen molar-refractivity contribution in [3.63, 3.8) is 0 Å². The van der Waals surface area contributed by atoms with Gasteiger partial charge >= 0.3 is 0 Å². The van der Waals surface area contributed by atoms with Gasteiger partial charge < -0.3 is 25.4 Å². The molecule has 0 fully saturated rings. The van der Waals surface area contributed by atoms with Gasteiger partial charge in [0.2, 0.25) is 0 Å². The van der Waals surface area contributed by atoms with Gasteiger partial charge in [-0.15, -0.1) is 24.0 Å². The van der Waals surface area contributed by atoms with Gasteiger partial charge in [-0.3, -0.25) is 9.79 Å². The highest BCUT2D eigenvalue weighted by Gasteiger charge is 2.11. The number of hydrogen-bond acceptors (Lipinski definition) is 3. The lowest BCUT2D eigenvalue weighted by Gasteiger charge is -2.11. The number of fused-ring (bicyclic) bond motifs is 1. The van der Waals surface area contributed by atoms with E-state index in [1.807, 2.05) is 13.8 Å². The van der Waals surface area contributed by atoms with Crippen LogP contribution < -0.4 is 16.0 Å². The number of carbonyl (C=O) groups is 1. The average molecular weight is 537 g/mol. The topological polar surface area (TPSA) is 94.4 Å². The Kier molecular flexibility index (Phi) is 9.90. The number of nitrogens with zero attached hydrogens (tertiary/aromatic N) is 1. The van der Waals surface area contributed by atoms with Crippen LogP contribution in [0, 0.1) is 13.8 Å². The number of halogens is 1. The van der Waals surface area contributed by atoms with E-state index < -0.39 is 0 Å². The Morgan fingerprint density at radius 3 is 2.68 bits per heavy atom. The van der Waals surface area contributed by atoms with Crippen LogP contribution in [0.4, 0.5) is 0 Å². The number of aromatic nitrogens is 1. The molecular formula is C23H32IN5O2. The first kappa shape index (κ1) is 24.8. The maximum atomic E-state index is 12.0. The van der Waals surface area contributed by atoms with Crippen molar-refractivity contribution in [1.82, 2.24) is 20.9 Å². The zero-order chi connectivity index (χ0) is 21.3. The highest BCUT2D eigenvalue weighted by atomic mass is 127. The number of aliphatic imine (C=N–C) groups is 1. The van der Waals surface area contributed by atoms with Crippen LogP contribution in [0.5, 0.6) is 0 Å². The third-order valence-electron chi connectivity index (χ3n) is 5.00. The Morgan fingerprint density at radius 1 is 1.10 bits per heavy atom. The molecule has 7 nitrogen and oxygen atoms in total. The summed E-state index contributed by atoms with van der Waals surface area (Å²) in [6.45, 7) is 8.79. The minimum Gasteiger partial charge on any atom is -0.459 e. The molecule has 0 radical (unpaired) electrons. The fourth-order valence-corrected chi connectivity index (χ4v) is 3.39. The van der Waals surface area contributed by atoms with Gasteiger partial charge in [-0.25, -0.2) is 0 Å². The molecule has 2 heterocycles. The summed E-state index contributed by atoms with van der Waals surface area (Å²) >= 11 is 0. The van der Waals surface area contributed by atoms with Crippen LogP contribution in [0.2, 0.25) is 0 Å². The van der Waals surface area contributed by atoms with Crippen LogP contribution in [-0.4, -0.2) is 43.0 Å². The second-order valence-corrected chi connectivity index (χ2v) is 7.29. The third kappa shape index (κ3) is 6.75. The Labute approximate surface area is 200 Å². The van der Waals surface area contributed by atoms with Crippen LogP contribution in [0.15, 0.2) is 46.1 Å². The number of rotatable bonds is 9. The second kappa shape index (κ2) is 12.4. The first-order chi connectivity index (χ1) is 14.6. The zero-order valence-corrected chi connectivity index (χ0v) is 20.7. The molecule has 0 saturated heterocycles. The fraction of sp³-hybridized carbons (Fsp3) is 0.391. The molecule has 0 bridgehead atoms. The van der Waals surface area contributed by atoms with Crippen LogP contribution >= 0.6 is 24.0 Å². The van der Waals surface area contributed by atoms with Gasteiger partial charge in [0, 0.05) is 48.8 Å². The van der Waals surface area contributed by atoms with Crippen molar-refractivity contribution in [2.24, 2.45) is 4.99 Å². The Morgan fingerprint density at radius 2 is 1.94 bits per heavy atom. The molecule has 8 heteroatoms. The number of guanidine groups is 1. The van der Waals surface area contributed by atoms with E-state index in [-0.39, 0.29) is 29.9 Å². The molecule has 1 amide bonds. The van der Waals surface area contributed by atoms with Crippen LogP contribution in [0.1, 0.15) is 40.6 Å². The molecule has 0 atom stereocenters. The summed E-state index contributed by atoms with van der Waals surface area (Å²) in [5.74, 6) is 0.989. The number of carbonyl (C=O) groups excluding carboxylic acids is 1. The first-order valence-electron chi connectivity index (χ1n) is 10.5. The summed E-state index contributed by atoms with van der Waals surface area (Å²) in [4.78, 5) is 20.0. The molecule has 2 aromatic heterocycles. The fourth-order valence-electron chi connectivity index (χ4n) is 3.39. The van der Waals surface area contributed by atoms with Gasteiger partial charge in [0.15, 0.2) is 11.7 Å². The standard InChI is InChI=1S/C23H31N5O2.HI/c1-4-24-23(26-12-6-11-25-22(29)21-17(3)10-14-30-21)27-13-9-18-15-28-20-16(2)7-5-8-19(18)20;/h5,7-8,10,14-15,28H,4,6,9,11-13H2,1-3H3,(H,25,29)(H2,24,26,27);1H. The summed E-state index contributed by atoms with van der Waals surface area (Å²) in [5.41, 5.74) is 4.61. The number of aryl methyl sites for hydroxylation is 2. The van der Waals surface area contributed by atoms with Crippen LogP contribution in [0.3, 0.4) is 0 Å². The maximum Gasteiger partial charge on any atom is 0.287 e. The molecule has 0 aliphatic heterocycles. The van der Waals surface area contributed by atoms with Gasteiger partial charge in [0.25, 0.3) is 5.91 Å². The molecule has 0 aliphatic carbocycles. The van der Waals surface area contributed by atoms with E-state index in [1.54, 1.807) is 6.07 Å². The van der Waals surface area contributed by atoms with E-state index in [2.05, 4.69) is 57.2 Å². The van der Waals surface area contributed by atoms with Crippen molar-refractivity contribution in [3.8, 4) is 0 Å². The maximum absolute atomic E-state index is 12.0. The van der Waals surface area contributed by atoms with E-state index >= 15 is 0 Å². The number of amides is 1. The number of para-hydroxylation sites is 1. The minimum absolute atomic E-state index is 0. The molecule has 0 spiro atoms. The SMILES string of the molecule is CCNC(=NCCCNC(=O)c1occc1C)NCCc1c[nH]c2c(C)cccc12.I. The van der Waals surface area contributed by atoms with E-state index in [0.717, 1.165) is 37.5 Å². The minimum atomic E-state index is -0.180. The quantitative estimate of drug-likeness (QED) is 0.144. The number of furan rings is 1. The van der Waals surface area contributed by atoms with E-state index in [1.165, 1.54) is 28.3 Å². The van der Waals surface area contributed by atoms with Crippen molar-refractivity contribution in [1.29, 1.82) is 0 Å². The van der Waals surface area contributed by atoms with E-state index in [0.29, 0.717) is 18.8 Å². The van der Waals surface area contributed by atoms with Crippen molar-refractivity contribution in [3.05, 3.63) is 59.2 Å². The highest BCUT2D eigenvalue weighted by Crippen LogP contribution is 2.21. The summed E-state index contributed by atoms with van der Waals surface area (Å²) in [5, 5.41) is 10.8. The van der Waals surface area contributed by atoms with Crippen molar-refractivity contribution in [2.75, 3.05) is 26.2 Å². The Balaban J connectivity index is 0.00000341. The Hall–Kier alpha value is -2.49. The lowest BCUT2D eigenvalue weighted by molar-refractivity contribution is 0.0925. The smallest absolute Gasteiger partial charge is 0.287 e. The zero-order valence-electron chi connectivity index (χ0n) is 18.4. The predicted molar refractivity (Wildman–Crippen MR) is 137 cm³/mol. The highest BCUT2D eigenvalue weighted by molar-refractivity contribution is 14.0. The molecule has 0 saturated carbocycles. The number of nitrogens with one attached hydrogen (secondary N) is 4. The lowest BCUT2D eigenvalue weighted by atomic mass is 10.1. The van der Waals surface area contributed by atoms with Crippen LogP contribution in [-0.2, 0) is 6.42 Å². The summed E-state index contributed by atoms with van der Waals surface area (Å²) < 4.78 is 5.20.